The molecule has 0 aliphatic carbocycles. The number of fused-ring (bicyclic) bond motifs is 1. The molecule has 4 rings (SSSR count). The van der Waals surface area contributed by atoms with Crippen molar-refractivity contribution < 1.29 is 0 Å². The van der Waals surface area contributed by atoms with E-state index in [4.69, 9.17) is 0 Å². The van der Waals surface area contributed by atoms with E-state index in [0.717, 1.165) is 29.1 Å². The Kier molecular flexibility index (Phi) is 4.57. The summed E-state index contributed by atoms with van der Waals surface area (Å²) in [5.74, 6) is 0. The van der Waals surface area contributed by atoms with E-state index in [0.29, 0.717) is 0 Å². The second kappa shape index (κ2) is 7.02. The number of thiophene rings is 1. The molecule has 0 saturated carbocycles. The highest BCUT2D eigenvalue weighted by Crippen LogP contribution is 2.27. The molecule has 0 saturated heterocycles. The zero-order valence-corrected chi connectivity index (χ0v) is 16.0. The van der Waals surface area contributed by atoms with Gasteiger partial charge in [0.2, 0.25) is 0 Å². The first-order valence-electron chi connectivity index (χ1n) is 8.76. The number of hydrogen-bond acceptors (Lipinski definition) is 4. The van der Waals surface area contributed by atoms with Gasteiger partial charge in [-0.3, -0.25) is 0 Å². The maximum Gasteiger partial charge on any atom is 0.159 e. The molecule has 26 heavy (non-hydrogen) atoms. The summed E-state index contributed by atoms with van der Waals surface area (Å²) >= 11 is 1.78. The van der Waals surface area contributed by atoms with Gasteiger partial charge in [-0.2, -0.15) is 5.10 Å². The lowest BCUT2D eigenvalue weighted by Crippen LogP contribution is -2.21. The van der Waals surface area contributed by atoms with Gasteiger partial charge in [0, 0.05) is 28.4 Å². The number of aromatic nitrogens is 3. The Bertz CT molecular complexity index is 1020. The molecule has 3 aromatic heterocycles. The average Bonchev–Trinajstić information content (AvgIpc) is 3.27. The Balaban J connectivity index is 1.64. The maximum absolute atomic E-state index is 4.68. The van der Waals surface area contributed by atoms with Gasteiger partial charge in [0.05, 0.1) is 12.2 Å². The molecule has 1 aromatic carbocycles. The van der Waals surface area contributed by atoms with Crippen molar-refractivity contribution in [3.63, 3.8) is 0 Å². The van der Waals surface area contributed by atoms with Gasteiger partial charge in [0.1, 0.15) is 0 Å². The molecule has 0 spiro atoms. The van der Waals surface area contributed by atoms with Crippen molar-refractivity contribution in [1.29, 1.82) is 0 Å². The number of nitrogens with zero attached hydrogens (tertiary/aromatic N) is 3. The van der Waals surface area contributed by atoms with E-state index in [1.54, 1.807) is 11.3 Å². The van der Waals surface area contributed by atoms with Crippen molar-refractivity contribution in [2.75, 3.05) is 0 Å². The minimum Gasteiger partial charge on any atom is -0.301 e. The Labute approximate surface area is 157 Å². The third-order valence-corrected chi connectivity index (χ3v) is 5.52. The summed E-state index contributed by atoms with van der Waals surface area (Å²) in [6.07, 6.45) is 1.92. The van der Waals surface area contributed by atoms with E-state index in [1.807, 2.05) is 17.6 Å². The Morgan fingerprint density at radius 2 is 1.92 bits per heavy atom. The van der Waals surface area contributed by atoms with E-state index in [9.17, 15) is 0 Å². The van der Waals surface area contributed by atoms with Gasteiger partial charge >= 0.3 is 0 Å². The van der Waals surface area contributed by atoms with E-state index in [2.05, 4.69) is 77.1 Å². The molecule has 1 unspecified atom stereocenters. The molecular formula is C21H22N4S. The second-order valence-corrected chi connectivity index (χ2v) is 7.66. The van der Waals surface area contributed by atoms with Gasteiger partial charge in [-0.25, -0.2) is 9.50 Å². The summed E-state index contributed by atoms with van der Waals surface area (Å²) in [6.45, 7) is 6.92. The van der Waals surface area contributed by atoms with Gasteiger partial charge in [-0.05, 0) is 43.8 Å². The average molecular weight is 363 g/mol. The van der Waals surface area contributed by atoms with Gasteiger partial charge in [-0.15, -0.1) is 11.3 Å². The largest absolute Gasteiger partial charge is 0.301 e. The van der Waals surface area contributed by atoms with Crippen molar-refractivity contribution in [3.8, 4) is 0 Å². The summed E-state index contributed by atoms with van der Waals surface area (Å²) in [4.78, 5) is 6.00. The monoisotopic (exact) mass is 362 g/mol. The molecule has 4 nitrogen and oxygen atoms in total. The lowest BCUT2D eigenvalue weighted by atomic mass is 10.0. The number of benzene rings is 1. The van der Waals surface area contributed by atoms with Crippen LogP contribution < -0.4 is 5.32 Å². The third-order valence-electron chi connectivity index (χ3n) is 4.59. The molecule has 5 heteroatoms. The zero-order chi connectivity index (χ0) is 18.1. The van der Waals surface area contributed by atoms with Crippen LogP contribution in [-0.2, 0) is 6.54 Å². The van der Waals surface area contributed by atoms with Crippen molar-refractivity contribution in [2.45, 2.75) is 33.4 Å². The molecule has 3 heterocycles. The topological polar surface area (TPSA) is 42.2 Å². The molecule has 0 aliphatic heterocycles. The summed E-state index contributed by atoms with van der Waals surface area (Å²) in [5, 5.41) is 10.3. The first kappa shape index (κ1) is 16.9. The highest BCUT2D eigenvalue weighted by molar-refractivity contribution is 7.10. The molecule has 0 amide bonds. The van der Waals surface area contributed by atoms with Crippen LogP contribution in [-0.4, -0.2) is 14.6 Å². The fraction of sp³-hybridized carbons (Fsp3) is 0.238. The van der Waals surface area contributed by atoms with Crippen LogP contribution in [0.15, 0.2) is 54.0 Å². The van der Waals surface area contributed by atoms with E-state index >= 15 is 0 Å². The zero-order valence-electron chi connectivity index (χ0n) is 15.2. The van der Waals surface area contributed by atoms with Crippen LogP contribution >= 0.6 is 11.3 Å². The molecule has 0 aliphatic rings. The second-order valence-electron chi connectivity index (χ2n) is 6.68. The van der Waals surface area contributed by atoms with E-state index in [-0.39, 0.29) is 6.04 Å². The quantitative estimate of drug-likeness (QED) is 0.564. The van der Waals surface area contributed by atoms with Crippen LogP contribution in [0.25, 0.3) is 5.65 Å². The molecule has 132 valence electrons. The van der Waals surface area contributed by atoms with Crippen LogP contribution in [0.3, 0.4) is 0 Å². The van der Waals surface area contributed by atoms with Crippen molar-refractivity contribution in [3.05, 3.63) is 87.0 Å². The molecule has 0 fully saturated rings. The molecule has 1 N–H and O–H groups in total. The molecule has 1 atom stereocenters. The molecular weight excluding hydrogens is 340 g/mol. The molecule has 0 radical (unpaired) electrons. The van der Waals surface area contributed by atoms with E-state index < -0.39 is 0 Å². The third kappa shape index (κ3) is 3.28. The number of hydrogen-bond donors (Lipinski definition) is 1. The van der Waals surface area contributed by atoms with Gasteiger partial charge in [-0.1, -0.05) is 35.9 Å². The smallest absolute Gasteiger partial charge is 0.159 e. The lowest BCUT2D eigenvalue weighted by molar-refractivity contribution is 0.614. The summed E-state index contributed by atoms with van der Waals surface area (Å²) in [5.41, 5.74) is 6.72. The first-order valence-corrected chi connectivity index (χ1v) is 9.64. The summed E-state index contributed by atoms with van der Waals surface area (Å²) < 4.78 is 1.91. The minimum atomic E-state index is 0.163. The van der Waals surface area contributed by atoms with Crippen LogP contribution in [0.5, 0.6) is 0 Å². The van der Waals surface area contributed by atoms with Gasteiger partial charge < -0.3 is 5.32 Å². The summed E-state index contributed by atoms with van der Waals surface area (Å²) in [6, 6.07) is 15.2. The van der Waals surface area contributed by atoms with Crippen molar-refractivity contribution >= 4 is 17.0 Å². The Morgan fingerprint density at radius 3 is 2.65 bits per heavy atom. The predicted octanol–water partition coefficient (Wildman–Crippen LogP) is 4.60. The fourth-order valence-electron chi connectivity index (χ4n) is 3.25. The fourth-order valence-corrected chi connectivity index (χ4v) is 4.08. The van der Waals surface area contributed by atoms with Crippen molar-refractivity contribution in [1.82, 2.24) is 19.9 Å². The van der Waals surface area contributed by atoms with Crippen LogP contribution in [0.1, 0.15) is 39.0 Å². The predicted molar refractivity (Wildman–Crippen MR) is 107 cm³/mol. The molecule has 0 bridgehead atoms. The number of nitrogens with one attached hydrogen (secondary N) is 1. The normalized spacial score (nSPS) is 12.6. The molecule has 4 aromatic rings. The SMILES string of the molecule is Cc1ccc(C(NCc2cnn3c(C)cc(C)nc23)c2cccs2)cc1. The van der Waals surface area contributed by atoms with Gasteiger partial charge in [0.25, 0.3) is 0 Å². The van der Waals surface area contributed by atoms with Crippen LogP contribution in [0.4, 0.5) is 0 Å². The summed E-state index contributed by atoms with van der Waals surface area (Å²) in [7, 11) is 0. The van der Waals surface area contributed by atoms with Crippen molar-refractivity contribution in [2.24, 2.45) is 0 Å². The first-order chi connectivity index (χ1) is 12.6. The van der Waals surface area contributed by atoms with E-state index in [1.165, 1.54) is 16.0 Å². The Hall–Kier alpha value is -2.50. The lowest BCUT2D eigenvalue weighted by Gasteiger charge is -2.18. The highest BCUT2D eigenvalue weighted by atomic mass is 32.1. The van der Waals surface area contributed by atoms with Crippen LogP contribution in [0, 0.1) is 20.8 Å². The standard InChI is InChI=1S/C21H22N4S/c1-14-6-8-17(9-7-14)20(19-5-4-10-26-19)22-12-18-13-23-25-16(3)11-15(2)24-21(18)25/h4-11,13,20,22H,12H2,1-3H3. The number of aryl methyl sites for hydroxylation is 3. The van der Waals surface area contributed by atoms with Crippen LogP contribution in [0.2, 0.25) is 0 Å². The maximum atomic E-state index is 4.68. The highest BCUT2D eigenvalue weighted by Gasteiger charge is 2.16. The Morgan fingerprint density at radius 1 is 1.12 bits per heavy atom. The number of rotatable bonds is 5. The van der Waals surface area contributed by atoms with Gasteiger partial charge in [0.15, 0.2) is 5.65 Å². The minimum absolute atomic E-state index is 0.163.